The van der Waals surface area contributed by atoms with Gasteiger partial charge in [-0.25, -0.2) is 9.37 Å². The summed E-state index contributed by atoms with van der Waals surface area (Å²) in [6.07, 6.45) is 4.46. The summed E-state index contributed by atoms with van der Waals surface area (Å²) in [6.45, 7) is 2.01. The highest BCUT2D eigenvalue weighted by Crippen LogP contribution is 2.24. The number of H-pyrrole nitrogens is 1. The number of carbonyl (C=O) groups is 1. The summed E-state index contributed by atoms with van der Waals surface area (Å²) in [4.78, 5) is 35.2. The number of piperidine rings is 1. The number of halogens is 1. The van der Waals surface area contributed by atoms with Crippen molar-refractivity contribution >= 4 is 5.91 Å². The van der Waals surface area contributed by atoms with Gasteiger partial charge in [-0.3, -0.25) is 9.59 Å². The number of benzene rings is 1. The van der Waals surface area contributed by atoms with E-state index in [0.29, 0.717) is 42.6 Å². The van der Waals surface area contributed by atoms with E-state index < -0.39 is 0 Å². The number of rotatable bonds is 3. The predicted molar refractivity (Wildman–Crippen MR) is 109 cm³/mol. The summed E-state index contributed by atoms with van der Waals surface area (Å²) in [6, 6.07) is 6.16. The summed E-state index contributed by atoms with van der Waals surface area (Å²) in [5.74, 6) is 0.118. The molecule has 0 spiro atoms. The van der Waals surface area contributed by atoms with Gasteiger partial charge >= 0.3 is 0 Å². The lowest BCUT2D eigenvalue weighted by atomic mass is 9.97. The van der Waals surface area contributed by atoms with Crippen LogP contribution in [0.3, 0.4) is 0 Å². The van der Waals surface area contributed by atoms with Crippen LogP contribution < -0.4 is 10.9 Å². The van der Waals surface area contributed by atoms with Gasteiger partial charge in [0, 0.05) is 23.1 Å². The molecule has 154 valence electrons. The number of likely N-dealkylation sites (tertiary alicyclic amines) is 1. The van der Waals surface area contributed by atoms with Gasteiger partial charge in [0.15, 0.2) is 0 Å². The Labute approximate surface area is 169 Å². The van der Waals surface area contributed by atoms with E-state index in [1.165, 1.54) is 12.1 Å². The second-order valence-corrected chi connectivity index (χ2v) is 8.21. The first-order chi connectivity index (χ1) is 14.0. The number of fused-ring (bicyclic) bond motifs is 1. The van der Waals surface area contributed by atoms with Crippen LogP contribution in [0.2, 0.25) is 0 Å². The SMILES string of the molecule is CN1CCC(NC(=O)C2CCc3nc(-c4ccc(F)cc4)[nH]c(=O)c3CC2)CC1. The van der Waals surface area contributed by atoms with Crippen molar-refractivity contribution in [2.24, 2.45) is 5.92 Å². The van der Waals surface area contributed by atoms with Crippen LogP contribution in [0.1, 0.15) is 36.9 Å². The minimum absolute atomic E-state index is 0.0995. The number of hydrogen-bond acceptors (Lipinski definition) is 4. The van der Waals surface area contributed by atoms with Crippen LogP contribution in [0, 0.1) is 11.7 Å². The molecule has 1 unspecified atom stereocenters. The van der Waals surface area contributed by atoms with Gasteiger partial charge in [0.1, 0.15) is 11.6 Å². The second kappa shape index (κ2) is 8.45. The Morgan fingerprint density at radius 3 is 2.55 bits per heavy atom. The number of aryl methyl sites for hydroxylation is 1. The van der Waals surface area contributed by atoms with Crippen molar-refractivity contribution < 1.29 is 9.18 Å². The molecule has 2 N–H and O–H groups in total. The highest BCUT2D eigenvalue weighted by molar-refractivity contribution is 5.79. The highest BCUT2D eigenvalue weighted by atomic mass is 19.1. The first kappa shape index (κ1) is 19.8. The molecule has 1 atom stereocenters. The van der Waals surface area contributed by atoms with Crippen LogP contribution in [0.4, 0.5) is 4.39 Å². The summed E-state index contributed by atoms with van der Waals surface area (Å²) >= 11 is 0. The average Bonchev–Trinajstić information content (AvgIpc) is 2.93. The molecule has 6 nitrogen and oxygen atoms in total. The molecule has 1 aromatic carbocycles. The number of nitrogens with one attached hydrogen (secondary N) is 2. The molecule has 0 radical (unpaired) electrons. The van der Waals surface area contributed by atoms with Crippen LogP contribution in [0.5, 0.6) is 0 Å². The molecule has 0 saturated carbocycles. The van der Waals surface area contributed by atoms with Gasteiger partial charge in [-0.15, -0.1) is 0 Å². The van der Waals surface area contributed by atoms with E-state index in [1.807, 2.05) is 0 Å². The molecule has 0 bridgehead atoms. The predicted octanol–water partition coefficient (Wildman–Crippen LogP) is 2.28. The molecule has 1 aliphatic heterocycles. The van der Waals surface area contributed by atoms with Gasteiger partial charge in [0.2, 0.25) is 5.91 Å². The maximum Gasteiger partial charge on any atom is 0.254 e. The van der Waals surface area contributed by atoms with Crippen LogP contribution in [0.15, 0.2) is 29.1 Å². The van der Waals surface area contributed by atoms with Gasteiger partial charge in [-0.1, -0.05) is 0 Å². The van der Waals surface area contributed by atoms with Crippen molar-refractivity contribution in [2.45, 2.75) is 44.6 Å². The normalized spacial score (nSPS) is 20.7. The Morgan fingerprint density at radius 1 is 1.14 bits per heavy atom. The zero-order valence-electron chi connectivity index (χ0n) is 16.7. The zero-order chi connectivity index (χ0) is 20.4. The molecule has 2 heterocycles. The van der Waals surface area contributed by atoms with E-state index in [2.05, 4.69) is 27.2 Å². The molecule has 1 aliphatic carbocycles. The van der Waals surface area contributed by atoms with Crippen molar-refractivity contribution in [1.29, 1.82) is 0 Å². The van der Waals surface area contributed by atoms with Crippen LogP contribution >= 0.6 is 0 Å². The molecular formula is C22H27FN4O2. The highest BCUT2D eigenvalue weighted by Gasteiger charge is 2.27. The van der Waals surface area contributed by atoms with E-state index in [9.17, 15) is 14.0 Å². The minimum Gasteiger partial charge on any atom is -0.353 e. The van der Waals surface area contributed by atoms with Crippen molar-refractivity contribution in [3.8, 4) is 11.4 Å². The number of aromatic amines is 1. The molecule has 1 amide bonds. The third kappa shape index (κ3) is 4.56. The molecule has 1 aromatic heterocycles. The molecule has 4 rings (SSSR count). The van der Waals surface area contributed by atoms with Crippen molar-refractivity contribution in [3.63, 3.8) is 0 Å². The van der Waals surface area contributed by atoms with Crippen molar-refractivity contribution in [2.75, 3.05) is 20.1 Å². The van der Waals surface area contributed by atoms with E-state index in [4.69, 9.17) is 0 Å². The first-order valence-electron chi connectivity index (χ1n) is 10.4. The first-order valence-corrected chi connectivity index (χ1v) is 10.4. The maximum atomic E-state index is 13.2. The van der Waals surface area contributed by atoms with Gasteiger partial charge in [-0.05, 0) is 82.9 Å². The third-order valence-corrected chi connectivity index (χ3v) is 6.13. The quantitative estimate of drug-likeness (QED) is 0.778. The molecule has 29 heavy (non-hydrogen) atoms. The largest absolute Gasteiger partial charge is 0.353 e. The monoisotopic (exact) mass is 398 g/mol. The van der Waals surface area contributed by atoms with Crippen LogP contribution in [0.25, 0.3) is 11.4 Å². The Kier molecular flexibility index (Phi) is 5.76. The summed E-state index contributed by atoms with van der Waals surface area (Å²) in [5, 5.41) is 3.21. The zero-order valence-corrected chi connectivity index (χ0v) is 16.7. The smallest absolute Gasteiger partial charge is 0.254 e. The Morgan fingerprint density at radius 2 is 1.83 bits per heavy atom. The standard InChI is InChI=1S/C22H27FN4O2/c1-27-12-10-17(11-13-27)24-21(28)15-4-8-18-19(9-5-15)25-20(26-22(18)29)14-2-6-16(23)7-3-14/h2-3,6-7,15,17H,4-5,8-13H2,1H3,(H,24,28)(H,25,26,29). The molecule has 1 saturated heterocycles. The number of nitrogens with zero attached hydrogens (tertiary/aromatic N) is 2. The number of carbonyl (C=O) groups excluding carboxylic acids is 1. The number of hydrogen-bond donors (Lipinski definition) is 2. The Bertz CT molecular complexity index is 933. The van der Waals surface area contributed by atoms with E-state index >= 15 is 0 Å². The lowest BCUT2D eigenvalue weighted by molar-refractivity contribution is -0.126. The lowest BCUT2D eigenvalue weighted by Crippen LogP contribution is -2.45. The lowest BCUT2D eigenvalue weighted by Gasteiger charge is -2.30. The molecule has 2 aromatic rings. The number of aromatic nitrogens is 2. The van der Waals surface area contributed by atoms with E-state index in [0.717, 1.165) is 31.6 Å². The third-order valence-electron chi connectivity index (χ3n) is 6.13. The summed E-state index contributed by atoms with van der Waals surface area (Å²) < 4.78 is 13.2. The van der Waals surface area contributed by atoms with Crippen LogP contribution in [-0.2, 0) is 17.6 Å². The topological polar surface area (TPSA) is 78.1 Å². The number of amides is 1. The van der Waals surface area contributed by atoms with Gasteiger partial charge < -0.3 is 15.2 Å². The van der Waals surface area contributed by atoms with Crippen molar-refractivity contribution in [3.05, 3.63) is 51.7 Å². The molecule has 2 aliphatic rings. The van der Waals surface area contributed by atoms with Gasteiger partial charge in [0.05, 0.1) is 5.69 Å². The summed E-state index contributed by atoms with van der Waals surface area (Å²) in [5.41, 5.74) is 1.94. The fourth-order valence-corrected chi connectivity index (χ4v) is 4.26. The Hall–Kier alpha value is -2.54. The van der Waals surface area contributed by atoms with Crippen LogP contribution in [-0.4, -0.2) is 47.0 Å². The fourth-order valence-electron chi connectivity index (χ4n) is 4.26. The average molecular weight is 398 g/mol. The second-order valence-electron chi connectivity index (χ2n) is 8.21. The van der Waals surface area contributed by atoms with Gasteiger partial charge in [-0.2, -0.15) is 0 Å². The Balaban J connectivity index is 1.46. The van der Waals surface area contributed by atoms with Gasteiger partial charge in [0.25, 0.3) is 5.56 Å². The van der Waals surface area contributed by atoms with E-state index in [-0.39, 0.29) is 29.2 Å². The maximum absolute atomic E-state index is 13.2. The fraction of sp³-hybridized carbons (Fsp3) is 0.500. The summed E-state index contributed by atoms with van der Waals surface area (Å²) in [7, 11) is 2.10. The van der Waals surface area contributed by atoms with Crippen molar-refractivity contribution in [1.82, 2.24) is 20.2 Å². The molecule has 1 fully saturated rings. The molecular weight excluding hydrogens is 371 g/mol. The van der Waals surface area contributed by atoms with E-state index in [1.54, 1.807) is 12.1 Å². The molecule has 7 heteroatoms. The minimum atomic E-state index is -0.329.